The van der Waals surface area contributed by atoms with Crippen LogP contribution in [0.1, 0.15) is 37.3 Å². The van der Waals surface area contributed by atoms with E-state index in [1.807, 2.05) is 18.2 Å². The minimum atomic E-state index is -0.229. The van der Waals surface area contributed by atoms with Gasteiger partial charge < -0.3 is 9.42 Å². The number of aromatic nitrogens is 2. The molecule has 0 aromatic carbocycles. The van der Waals surface area contributed by atoms with Gasteiger partial charge in [0.15, 0.2) is 5.82 Å². The molecular formula is C15H20N4O2. The number of hydrogen-bond acceptors (Lipinski definition) is 4. The zero-order valence-electron chi connectivity index (χ0n) is 12.5. The van der Waals surface area contributed by atoms with Crippen LogP contribution in [0.2, 0.25) is 0 Å². The maximum atomic E-state index is 12.3. The first-order valence-corrected chi connectivity index (χ1v) is 7.00. The van der Waals surface area contributed by atoms with E-state index >= 15 is 0 Å². The predicted molar refractivity (Wildman–Crippen MR) is 79.9 cm³/mol. The van der Waals surface area contributed by atoms with E-state index in [-0.39, 0.29) is 12.1 Å². The van der Waals surface area contributed by atoms with Gasteiger partial charge in [-0.25, -0.2) is 4.79 Å². The molecule has 0 bridgehead atoms. The first kappa shape index (κ1) is 15.0. The van der Waals surface area contributed by atoms with Gasteiger partial charge in [0.25, 0.3) is 0 Å². The third-order valence-corrected chi connectivity index (χ3v) is 3.24. The van der Waals surface area contributed by atoms with Gasteiger partial charge in [-0.3, -0.25) is 10.3 Å². The third kappa shape index (κ3) is 3.81. The van der Waals surface area contributed by atoms with Crippen LogP contribution < -0.4 is 5.32 Å². The van der Waals surface area contributed by atoms with Gasteiger partial charge in [-0.05, 0) is 25.5 Å². The highest BCUT2D eigenvalue weighted by Gasteiger charge is 2.22. The van der Waals surface area contributed by atoms with Gasteiger partial charge in [0, 0.05) is 19.3 Å². The minimum Gasteiger partial charge on any atom is -0.360 e. The molecule has 2 aromatic heterocycles. The number of pyridine rings is 1. The molecule has 0 saturated carbocycles. The number of aryl methyl sites for hydroxylation is 1. The molecule has 6 heteroatoms. The van der Waals surface area contributed by atoms with Crippen molar-refractivity contribution in [3.05, 3.63) is 41.9 Å². The van der Waals surface area contributed by atoms with Gasteiger partial charge in [-0.15, -0.1) is 0 Å². The quantitative estimate of drug-likeness (QED) is 0.915. The first-order valence-electron chi connectivity index (χ1n) is 7.00. The highest BCUT2D eigenvalue weighted by molar-refractivity contribution is 5.88. The minimum absolute atomic E-state index is 0.0656. The van der Waals surface area contributed by atoms with Crippen molar-refractivity contribution in [3.8, 4) is 0 Å². The maximum absolute atomic E-state index is 12.3. The number of anilines is 1. The molecule has 21 heavy (non-hydrogen) atoms. The molecule has 2 rings (SSSR count). The molecule has 0 fully saturated rings. The summed E-state index contributed by atoms with van der Waals surface area (Å²) in [4.78, 5) is 18.3. The maximum Gasteiger partial charge on any atom is 0.323 e. The second-order valence-electron chi connectivity index (χ2n) is 4.92. The number of rotatable bonds is 5. The number of carbonyl (C=O) groups is 1. The summed E-state index contributed by atoms with van der Waals surface area (Å²) in [6.45, 7) is 3.86. The summed E-state index contributed by atoms with van der Waals surface area (Å²) in [7, 11) is 1.76. The molecule has 112 valence electrons. The SMILES string of the molecule is CCC[C@@H](c1ccccn1)N(C)C(=O)Nc1cc(C)on1. The highest BCUT2D eigenvalue weighted by atomic mass is 16.5. The smallest absolute Gasteiger partial charge is 0.323 e. The van der Waals surface area contributed by atoms with Crippen molar-refractivity contribution >= 4 is 11.8 Å². The Morgan fingerprint density at radius 2 is 2.29 bits per heavy atom. The lowest BCUT2D eigenvalue weighted by molar-refractivity contribution is 0.199. The van der Waals surface area contributed by atoms with Crippen LogP contribution in [-0.2, 0) is 0 Å². The summed E-state index contributed by atoms with van der Waals surface area (Å²) in [5.74, 6) is 1.07. The summed E-state index contributed by atoms with van der Waals surface area (Å²) in [6, 6.07) is 7.12. The van der Waals surface area contributed by atoms with Crippen LogP contribution in [-0.4, -0.2) is 28.1 Å². The fourth-order valence-electron chi connectivity index (χ4n) is 2.15. The van der Waals surface area contributed by atoms with Crippen LogP contribution in [0, 0.1) is 6.92 Å². The molecule has 1 atom stereocenters. The summed E-state index contributed by atoms with van der Waals surface area (Å²) >= 11 is 0. The molecule has 2 heterocycles. The Hall–Kier alpha value is -2.37. The molecule has 0 radical (unpaired) electrons. The normalized spacial score (nSPS) is 12.0. The first-order chi connectivity index (χ1) is 10.1. The van der Waals surface area contributed by atoms with Gasteiger partial charge >= 0.3 is 6.03 Å². The number of nitrogens with zero attached hydrogens (tertiary/aromatic N) is 3. The van der Waals surface area contributed by atoms with E-state index in [4.69, 9.17) is 4.52 Å². The number of amides is 2. The lowest BCUT2D eigenvalue weighted by atomic mass is 10.1. The standard InChI is InChI=1S/C15H20N4O2/c1-4-7-13(12-8-5-6-9-16-12)19(3)15(20)17-14-10-11(2)21-18-14/h5-6,8-10,13H,4,7H2,1-3H3,(H,17,18,20)/t13-/m0/s1. The Kier molecular flexibility index (Phi) is 4.92. The Morgan fingerprint density at radius 1 is 1.48 bits per heavy atom. The van der Waals surface area contributed by atoms with Crippen molar-refractivity contribution in [3.63, 3.8) is 0 Å². The van der Waals surface area contributed by atoms with Gasteiger partial charge in [0.05, 0.1) is 11.7 Å². The van der Waals surface area contributed by atoms with E-state index in [9.17, 15) is 4.79 Å². The average molecular weight is 288 g/mol. The van der Waals surface area contributed by atoms with E-state index in [0.717, 1.165) is 18.5 Å². The van der Waals surface area contributed by atoms with E-state index < -0.39 is 0 Å². The summed E-state index contributed by atoms with van der Waals surface area (Å²) < 4.78 is 4.94. The average Bonchev–Trinajstić information content (AvgIpc) is 2.90. The van der Waals surface area contributed by atoms with Crippen LogP contribution in [0.5, 0.6) is 0 Å². The summed E-state index contributed by atoms with van der Waals surface area (Å²) in [6.07, 6.45) is 3.55. The number of urea groups is 1. The summed E-state index contributed by atoms with van der Waals surface area (Å²) in [5.41, 5.74) is 0.883. The molecule has 0 saturated heterocycles. The fraction of sp³-hybridized carbons (Fsp3) is 0.400. The van der Waals surface area contributed by atoms with E-state index in [0.29, 0.717) is 11.6 Å². The van der Waals surface area contributed by atoms with Gasteiger partial charge in [0.1, 0.15) is 5.76 Å². The van der Waals surface area contributed by atoms with Crippen LogP contribution in [0.4, 0.5) is 10.6 Å². The second kappa shape index (κ2) is 6.88. The van der Waals surface area contributed by atoms with Crippen molar-refractivity contribution in [2.75, 3.05) is 12.4 Å². The van der Waals surface area contributed by atoms with Crippen molar-refractivity contribution in [1.29, 1.82) is 0 Å². The Balaban J connectivity index is 2.10. The summed E-state index contributed by atoms with van der Waals surface area (Å²) in [5, 5.41) is 6.49. The van der Waals surface area contributed by atoms with Crippen LogP contribution in [0.3, 0.4) is 0 Å². The van der Waals surface area contributed by atoms with Crippen LogP contribution >= 0.6 is 0 Å². The van der Waals surface area contributed by atoms with Gasteiger partial charge in [-0.2, -0.15) is 0 Å². The topological polar surface area (TPSA) is 71.3 Å². The molecule has 0 unspecified atom stereocenters. The van der Waals surface area contributed by atoms with Crippen molar-refractivity contribution in [2.24, 2.45) is 0 Å². The molecule has 2 amide bonds. The van der Waals surface area contributed by atoms with Crippen LogP contribution in [0.15, 0.2) is 35.0 Å². The highest BCUT2D eigenvalue weighted by Crippen LogP contribution is 2.23. The van der Waals surface area contributed by atoms with E-state index in [2.05, 4.69) is 22.4 Å². The van der Waals surface area contributed by atoms with E-state index in [1.54, 1.807) is 31.1 Å². The lowest BCUT2D eigenvalue weighted by Crippen LogP contribution is -2.35. The largest absolute Gasteiger partial charge is 0.360 e. The number of hydrogen-bond donors (Lipinski definition) is 1. The van der Waals surface area contributed by atoms with Gasteiger partial charge in [-0.1, -0.05) is 24.6 Å². The molecule has 6 nitrogen and oxygen atoms in total. The van der Waals surface area contributed by atoms with Crippen molar-refractivity contribution in [2.45, 2.75) is 32.7 Å². The molecule has 0 aliphatic rings. The fourth-order valence-corrected chi connectivity index (χ4v) is 2.15. The molecule has 0 spiro atoms. The molecule has 1 N–H and O–H groups in total. The lowest BCUT2D eigenvalue weighted by Gasteiger charge is -2.27. The molecule has 0 aliphatic carbocycles. The zero-order chi connectivity index (χ0) is 15.2. The Labute approximate surface area is 124 Å². The molecule has 0 aliphatic heterocycles. The predicted octanol–water partition coefficient (Wildman–Crippen LogP) is 3.38. The molecular weight excluding hydrogens is 268 g/mol. The van der Waals surface area contributed by atoms with Crippen molar-refractivity contribution < 1.29 is 9.32 Å². The van der Waals surface area contributed by atoms with Gasteiger partial charge in [0.2, 0.25) is 0 Å². The number of nitrogens with one attached hydrogen (secondary N) is 1. The second-order valence-corrected chi connectivity index (χ2v) is 4.92. The monoisotopic (exact) mass is 288 g/mol. The number of carbonyl (C=O) groups excluding carboxylic acids is 1. The third-order valence-electron chi connectivity index (χ3n) is 3.24. The van der Waals surface area contributed by atoms with E-state index in [1.165, 1.54) is 0 Å². The Morgan fingerprint density at radius 3 is 2.86 bits per heavy atom. The van der Waals surface area contributed by atoms with Crippen LogP contribution in [0.25, 0.3) is 0 Å². The Bertz CT molecular complexity index is 582. The molecule has 2 aromatic rings. The zero-order valence-corrected chi connectivity index (χ0v) is 12.5. The van der Waals surface area contributed by atoms with Crippen molar-refractivity contribution in [1.82, 2.24) is 15.0 Å².